The van der Waals surface area contributed by atoms with E-state index in [-0.39, 0.29) is 17.6 Å². The number of hydrogen-bond donors (Lipinski definition) is 0. The SMILES string of the molecule is CC(C)Oc1ccccc1/C=C/C(=O)c1ccc([N+](=O)[O-])cc1. The van der Waals surface area contributed by atoms with E-state index in [1.54, 1.807) is 6.08 Å². The lowest BCUT2D eigenvalue weighted by molar-refractivity contribution is -0.384. The van der Waals surface area contributed by atoms with Crippen molar-refractivity contribution < 1.29 is 14.5 Å². The lowest BCUT2D eigenvalue weighted by atomic mass is 10.1. The molecule has 0 atom stereocenters. The van der Waals surface area contributed by atoms with E-state index in [0.29, 0.717) is 11.3 Å². The number of hydrogen-bond acceptors (Lipinski definition) is 4. The quantitative estimate of drug-likeness (QED) is 0.345. The highest BCUT2D eigenvalue weighted by molar-refractivity contribution is 6.07. The van der Waals surface area contributed by atoms with Gasteiger partial charge in [-0.15, -0.1) is 0 Å². The van der Waals surface area contributed by atoms with Crippen LogP contribution in [0.4, 0.5) is 5.69 Å². The van der Waals surface area contributed by atoms with Crippen molar-refractivity contribution in [2.24, 2.45) is 0 Å². The van der Waals surface area contributed by atoms with Gasteiger partial charge in [0.2, 0.25) is 0 Å². The van der Waals surface area contributed by atoms with Crippen molar-refractivity contribution in [3.8, 4) is 5.75 Å². The molecule has 0 fully saturated rings. The molecule has 0 aromatic heterocycles. The van der Waals surface area contributed by atoms with Gasteiger partial charge in [-0.3, -0.25) is 14.9 Å². The van der Waals surface area contributed by atoms with Crippen LogP contribution in [0.25, 0.3) is 6.08 Å². The second kappa shape index (κ2) is 7.35. The van der Waals surface area contributed by atoms with Crippen molar-refractivity contribution in [1.82, 2.24) is 0 Å². The van der Waals surface area contributed by atoms with Gasteiger partial charge in [-0.2, -0.15) is 0 Å². The Morgan fingerprint density at radius 2 is 1.78 bits per heavy atom. The molecular formula is C18H17NO4. The number of ether oxygens (including phenoxy) is 1. The molecule has 0 bridgehead atoms. The molecule has 0 N–H and O–H groups in total. The topological polar surface area (TPSA) is 69.4 Å². The first-order chi connectivity index (χ1) is 11.0. The molecule has 0 saturated carbocycles. The van der Waals surface area contributed by atoms with E-state index in [4.69, 9.17) is 4.74 Å². The van der Waals surface area contributed by atoms with Crippen LogP contribution in [0.3, 0.4) is 0 Å². The summed E-state index contributed by atoms with van der Waals surface area (Å²) in [5.74, 6) is 0.481. The third-order valence-corrected chi connectivity index (χ3v) is 3.06. The highest BCUT2D eigenvalue weighted by atomic mass is 16.6. The Bertz CT molecular complexity index is 733. The summed E-state index contributed by atoms with van der Waals surface area (Å²) in [6.45, 7) is 3.87. The highest BCUT2D eigenvalue weighted by Crippen LogP contribution is 2.21. The minimum Gasteiger partial charge on any atom is -0.490 e. The second-order valence-electron chi connectivity index (χ2n) is 5.21. The Hall–Kier alpha value is -2.95. The molecule has 23 heavy (non-hydrogen) atoms. The number of nitro benzene ring substituents is 1. The van der Waals surface area contributed by atoms with E-state index in [1.165, 1.54) is 30.3 Å². The molecule has 2 rings (SSSR count). The number of nitrogens with zero attached hydrogens (tertiary/aromatic N) is 1. The van der Waals surface area contributed by atoms with Gasteiger partial charge in [0.25, 0.3) is 5.69 Å². The predicted octanol–water partition coefficient (Wildman–Crippen LogP) is 4.28. The normalized spacial score (nSPS) is 10.9. The highest BCUT2D eigenvalue weighted by Gasteiger charge is 2.08. The minimum atomic E-state index is -0.496. The van der Waals surface area contributed by atoms with Gasteiger partial charge in [-0.25, -0.2) is 0 Å². The summed E-state index contributed by atoms with van der Waals surface area (Å²) in [6, 6.07) is 13.0. The maximum atomic E-state index is 12.1. The molecule has 2 aromatic carbocycles. The predicted molar refractivity (Wildman–Crippen MR) is 88.7 cm³/mol. The van der Waals surface area contributed by atoms with Gasteiger partial charge in [0.1, 0.15) is 5.75 Å². The summed E-state index contributed by atoms with van der Waals surface area (Å²) in [4.78, 5) is 22.2. The molecule has 0 radical (unpaired) electrons. The summed E-state index contributed by atoms with van der Waals surface area (Å²) in [7, 11) is 0. The van der Waals surface area contributed by atoms with Gasteiger partial charge >= 0.3 is 0 Å². The van der Waals surface area contributed by atoms with Gasteiger partial charge in [-0.1, -0.05) is 18.2 Å². The van der Waals surface area contributed by atoms with E-state index in [2.05, 4.69) is 0 Å². The molecule has 0 aliphatic rings. The van der Waals surface area contributed by atoms with Gasteiger partial charge in [-0.05, 0) is 44.2 Å². The van der Waals surface area contributed by atoms with Crippen LogP contribution in [0.2, 0.25) is 0 Å². The number of para-hydroxylation sites is 1. The molecule has 5 nitrogen and oxygen atoms in total. The standard InChI is InChI=1S/C18H17NO4/c1-13(2)23-18-6-4-3-5-15(18)9-12-17(20)14-7-10-16(11-8-14)19(21)22/h3-13H,1-2H3/b12-9+. The molecule has 0 heterocycles. The first-order valence-electron chi connectivity index (χ1n) is 7.20. The number of rotatable bonds is 6. The average Bonchev–Trinajstić information content (AvgIpc) is 2.53. The molecule has 2 aromatic rings. The first kappa shape index (κ1) is 16.4. The number of allylic oxidation sites excluding steroid dienone is 1. The third-order valence-electron chi connectivity index (χ3n) is 3.06. The van der Waals surface area contributed by atoms with Crippen molar-refractivity contribution in [3.05, 3.63) is 75.8 Å². The van der Waals surface area contributed by atoms with Crippen molar-refractivity contribution in [1.29, 1.82) is 0 Å². The summed E-state index contributed by atoms with van der Waals surface area (Å²) in [5.41, 5.74) is 1.16. The van der Waals surface area contributed by atoms with Crippen molar-refractivity contribution in [3.63, 3.8) is 0 Å². The molecule has 0 saturated heterocycles. The Balaban J connectivity index is 2.16. The summed E-state index contributed by atoms with van der Waals surface area (Å²) in [6.07, 6.45) is 3.15. The van der Waals surface area contributed by atoms with Gasteiger partial charge in [0.15, 0.2) is 5.78 Å². The largest absolute Gasteiger partial charge is 0.490 e. The zero-order valence-electron chi connectivity index (χ0n) is 12.9. The maximum Gasteiger partial charge on any atom is 0.269 e. The van der Waals surface area contributed by atoms with Gasteiger partial charge in [0.05, 0.1) is 11.0 Å². The molecule has 0 aliphatic heterocycles. The van der Waals surface area contributed by atoms with E-state index in [0.717, 1.165) is 5.56 Å². The van der Waals surface area contributed by atoms with Crippen molar-refractivity contribution in [2.45, 2.75) is 20.0 Å². The first-order valence-corrected chi connectivity index (χ1v) is 7.20. The molecule has 118 valence electrons. The molecule has 5 heteroatoms. The molecule has 0 unspecified atom stereocenters. The fourth-order valence-corrected chi connectivity index (χ4v) is 1.99. The van der Waals surface area contributed by atoms with Gasteiger partial charge in [0, 0.05) is 23.3 Å². The molecular weight excluding hydrogens is 294 g/mol. The van der Waals surface area contributed by atoms with E-state index in [9.17, 15) is 14.9 Å². The van der Waals surface area contributed by atoms with Crippen LogP contribution in [0.5, 0.6) is 5.75 Å². The van der Waals surface area contributed by atoms with E-state index in [1.807, 2.05) is 38.1 Å². The van der Waals surface area contributed by atoms with Crippen LogP contribution in [0.15, 0.2) is 54.6 Å². The molecule has 0 spiro atoms. The number of non-ortho nitro benzene ring substituents is 1. The lowest BCUT2D eigenvalue weighted by Crippen LogP contribution is -2.06. The Kier molecular flexibility index (Phi) is 5.25. The Labute approximate surface area is 134 Å². The Morgan fingerprint density at radius 3 is 2.39 bits per heavy atom. The summed E-state index contributed by atoms with van der Waals surface area (Å²) >= 11 is 0. The molecule has 0 amide bonds. The van der Waals surface area contributed by atoms with Gasteiger partial charge < -0.3 is 4.74 Å². The van der Waals surface area contributed by atoms with E-state index >= 15 is 0 Å². The number of ketones is 1. The zero-order chi connectivity index (χ0) is 16.8. The number of carbonyl (C=O) groups excluding carboxylic acids is 1. The van der Waals surface area contributed by atoms with Crippen molar-refractivity contribution >= 4 is 17.5 Å². The number of carbonyl (C=O) groups is 1. The smallest absolute Gasteiger partial charge is 0.269 e. The van der Waals surface area contributed by atoms with Crippen LogP contribution in [-0.2, 0) is 0 Å². The van der Waals surface area contributed by atoms with Crippen molar-refractivity contribution in [2.75, 3.05) is 0 Å². The fourth-order valence-electron chi connectivity index (χ4n) is 1.99. The maximum absolute atomic E-state index is 12.1. The Morgan fingerprint density at radius 1 is 1.13 bits per heavy atom. The molecule has 0 aliphatic carbocycles. The van der Waals surface area contributed by atoms with Crippen LogP contribution >= 0.6 is 0 Å². The monoisotopic (exact) mass is 311 g/mol. The zero-order valence-corrected chi connectivity index (χ0v) is 12.9. The van der Waals surface area contributed by atoms with Crippen LogP contribution < -0.4 is 4.74 Å². The summed E-state index contributed by atoms with van der Waals surface area (Å²) in [5, 5.41) is 10.6. The van der Waals surface area contributed by atoms with Crippen LogP contribution in [-0.4, -0.2) is 16.8 Å². The summed E-state index contributed by atoms with van der Waals surface area (Å²) < 4.78 is 5.69. The fraction of sp³-hybridized carbons (Fsp3) is 0.167. The van der Waals surface area contributed by atoms with Crippen LogP contribution in [0.1, 0.15) is 29.8 Å². The number of nitro groups is 1. The van der Waals surface area contributed by atoms with Crippen LogP contribution in [0, 0.1) is 10.1 Å². The lowest BCUT2D eigenvalue weighted by Gasteiger charge is -2.11. The minimum absolute atomic E-state index is 0.0370. The average molecular weight is 311 g/mol. The second-order valence-corrected chi connectivity index (χ2v) is 5.21. The number of benzene rings is 2. The third kappa shape index (κ3) is 4.51. The van der Waals surface area contributed by atoms with E-state index < -0.39 is 4.92 Å².